The summed E-state index contributed by atoms with van der Waals surface area (Å²) in [6, 6.07) is -0.253. The lowest BCUT2D eigenvalue weighted by molar-refractivity contribution is -0.155. The molecule has 1 heterocycles. The highest BCUT2D eigenvalue weighted by Gasteiger charge is 2.44. The molecule has 1 atom stereocenters. The van der Waals surface area contributed by atoms with E-state index in [0.717, 1.165) is 0 Å². The molecule has 0 bridgehead atoms. The van der Waals surface area contributed by atoms with Crippen LogP contribution in [-0.4, -0.2) is 35.0 Å². The van der Waals surface area contributed by atoms with Crippen molar-refractivity contribution in [1.82, 2.24) is 9.55 Å². The summed E-state index contributed by atoms with van der Waals surface area (Å²) in [7, 11) is 0. The molecule has 1 aromatic heterocycles. The summed E-state index contributed by atoms with van der Waals surface area (Å²) < 4.78 is 133. The Kier molecular flexibility index (Phi) is 9.99. The smallest absolute Gasteiger partial charge is 0.434 e. The van der Waals surface area contributed by atoms with Crippen molar-refractivity contribution in [2.75, 3.05) is 18.1 Å². The van der Waals surface area contributed by atoms with Crippen LogP contribution in [0.5, 0.6) is 0 Å². The molecule has 1 unspecified atom stereocenters. The fraction of sp³-hybridized carbons (Fsp3) is 0.476. The number of rotatable bonds is 8. The van der Waals surface area contributed by atoms with Crippen LogP contribution in [0.4, 0.5) is 51.1 Å². The highest BCUT2D eigenvalue weighted by molar-refractivity contribution is 9.10. The molecular weight excluding hydrogens is 645 g/mol. The highest BCUT2D eigenvalue weighted by atomic mass is 79.9. The molecule has 39 heavy (non-hydrogen) atoms. The van der Waals surface area contributed by atoms with Crippen LogP contribution < -0.4 is 10.5 Å². The maximum absolute atomic E-state index is 13.8. The van der Waals surface area contributed by atoms with Crippen molar-refractivity contribution in [2.24, 2.45) is 0 Å². The Morgan fingerprint density at radius 1 is 1.03 bits per heavy atom. The number of esters is 1. The van der Waals surface area contributed by atoms with Crippen LogP contribution in [0.1, 0.15) is 37.6 Å². The van der Waals surface area contributed by atoms with E-state index in [1.807, 2.05) is 0 Å². The maximum Gasteiger partial charge on any atom is 0.434 e. The van der Waals surface area contributed by atoms with Crippen molar-refractivity contribution in [3.05, 3.63) is 48.8 Å². The third kappa shape index (κ3) is 6.98. The topological polar surface area (TPSA) is 73.7 Å². The van der Waals surface area contributed by atoms with E-state index in [1.165, 1.54) is 20.8 Å². The van der Waals surface area contributed by atoms with E-state index in [9.17, 15) is 49.1 Å². The average molecular weight is 663 g/mol. The van der Waals surface area contributed by atoms with Crippen molar-refractivity contribution >= 4 is 45.1 Å². The molecule has 0 aliphatic carbocycles. The Hall–Kier alpha value is -2.53. The van der Waals surface area contributed by atoms with Gasteiger partial charge in [0.05, 0.1) is 28.4 Å². The molecule has 0 saturated carbocycles. The second-order valence-electron chi connectivity index (χ2n) is 7.40. The minimum Gasteiger partial charge on any atom is -0.463 e. The van der Waals surface area contributed by atoms with Gasteiger partial charge in [-0.2, -0.15) is 39.5 Å². The minimum absolute atomic E-state index is 0.0598. The number of anilines is 2. The quantitative estimate of drug-likeness (QED) is 0.176. The minimum atomic E-state index is -5.49. The molecule has 218 valence electrons. The zero-order valence-corrected chi connectivity index (χ0v) is 22.3. The normalized spacial score (nSPS) is 13.4. The van der Waals surface area contributed by atoms with Gasteiger partial charge in [-0.05, 0) is 48.8 Å². The van der Waals surface area contributed by atoms with Crippen molar-refractivity contribution in [1.29, 1.82) is 0 Å². The fourth-order valence-electron chi connectivity index (χ4n) is 3.29. The second kappa shape index (κ2) is 11.9. The Balaban J connectivity index is 3.21. The van der Waals surface area contributed by atoms with E-state index in [1.54, 1.807) is 0 Å². The number of nitrogens with zero attached hydrogens (tertiary/aromatic N) is 3. The first-order valence-electron chi connectivity index (χ1n) is 10.7. The van der Waals surface area contributed by atoms with E-state index < -0.39 is 87.4 Å². The van der Waals surface area contributed by atoms with Crippen LogP contribution in [0.25, 0.3) is 0 Å². The van der Waals surface area contributed by atoms with Crippen LogP contribution >= 0.6 is 27.5 Å². The van der Waals surface area contributed by atoms with Gasteiger partial charge in [0, 0.05) is 13.2 Å². The predicted molar refractivity (Wildman–Crippen MR) is 123 cm³/mol. The predicted octanol–water partition coefficient (Wildman–Crippen LogP) is 6.80. The largest absolute Gasteiger partial charge is 0.463 e. The number of hydrogen-bond acceptors (Lipinski definition) is 6. The molecule has 7 nitrogen and oxygen atoms in total. The van der Waals surface area contributed by atoms with Gasteiger partial charge in [0.25, 0.3) is 5.56 Å². The number of halogens is 11. The number of alkyl halides is 9. The molecule has 0 saturated heterocycles. The molecule has 18 heteroatoms. The van der Waals surface area contributed by atoms with E-state index in [4.69, 9.17) is 21.1 Å². The summed E-state index contributed by atoms with van der Waals surface area (Å²) in [5.41, 5.74) is -8.53. The number of carbonyl (C=O) groups excluding carboxylic acids is 1. The standard InChI is InChI=1S/C21H18BrClF9N3O4/c1-4-34-15(36)12(22)14(21(30,31)32)33-18(34)35(16(38-5-2)17(37)39-6-3)11-8-9(19(24,25)26)7-10(13(11)23)20(27,28)29/h7-8,16H,4-6H2,1-3H3. The summed E-state index contributed by atoms with van der Waals surface area (Å²) in [6.07, 6.45) is -18.6. The molecular formula is C21H18BrClF9N3O4. The van der Waals surface area contributed by atoms with E-state index in [-0.39, 0.29) is 23.6 Å². The number of aromatic nitrogens is 2. The first-order chi connectivity index (χ1) is 17.8. The molecule has 2 aromatic rings. The second-order valence-corrected chi connectivity index (χ2v) is 8.57. The van der Waals surface area contributed by atoms with Crippen molar-refractivity contribution in [3.63, 3.8) is 0 Å². The summed E-state index contributed by atoms with van der Waals surface area (Å²) in [6.45, 7) is 2.47. The van der Waals surface area contributed by atoms with Gasteiger partial charge in [-0.25, -0.2) is 9.78 Å². The van der Waals surface area contributed by atoms with Gasteiger partial charge in [-0.1, -0.05) is 11.6 Å². The van der Waals surface area contributed by atoms with Crippen LogP contribution in [-0.2, 0) is 39.3 Å². The molecule has 0 fully saturated rings. The zero-order valence-electron chi connectivity index (χ0n) is 20.0. The van der Waals surface area contributed by atoms with Gasteiger partial charge >= 0.3 is 24.5 Å². The Labute approximate surface area is 227 Å². The Morgan fingerprint density at radius 2 is 1.62 bits per heavy atom. The van der Waals surface area contributed by atoms with E-state index in [2.05, 4.69) is 20.9 Å². The molecule has 0 aliphatic heterocycles. The maximum atomic E-state index is 13.8. The third-order valence-electron chi connectivity index (χ3n) is 4.89. The number of carbonyl (C=O) groups is 1. The SMILES string of the molecule is CCOC(=O)C(OCC)N(c1cc(C(F)(F)F)cc(C(F)(F)F)c1Cl)c1nc(C(F)(F)F)c(Br)c(=O)n1CC. The fourth-order valence-corrected chi connectivity index (χ4v) is 4.12. The summed E-state index contributed by atoms with van der Waals surface area (Å²) in [5.74, 6) is -2.63. The first-order valence-corrected chi connectivity index (χ1v) is 11.9. The number of hydrogen-bond donors (Lipinski definition) is 0. The lowest BCUT2D eigenvalue weighted by Gasteiger charge is -2.34. The molecule has 0 aliphatic rings. The van der Waals surface area contributed by atoms with Crippen LogP contribution in [0.15, 0.2) is 21.4 Å². The van der Waals surface area contributed by atoms with Gasteiger partial charge in [0.2, 0.25) is 12.2 Å². The number of ether oxygens (including phenoxy) is 2. The van der Waals surface area contributed by atoms with Crippen LogP contribution in [0, 0.1) is 0 Å². The van der Waals surface area contributed by atoms with E-state index in [0.29, 0.717) is 4.57 Å². The third-order valence-corrected chi connectivity index (χ3v) is 6.00. The Bertz CT molecular complexity index is 1280. The van der Waals surface area contributed by atoms with Gasteiger partial charge in [0.1, 0.15) is 4.47 Å². The van der Waals surface area contributed by atoms with Crippen molar-refractivity contribution in [2.45, 2.75) is 52.1 Å². The molecule has 0 radical (unpaired) electrons. The van der Waals surface area contributed by atoms with Crippen LogP contribution in [0.3, 0.4) is 0 Å². The van der Waals surface area contributed by atoms with Gasteiger partial charge < -0.3 is 9.47 Å². The molecule has 2 rings (SSSR count). The molecule has 0 spiro atoms. The molecule has 0 amide bonds. The zero-order chi connectivity index (χ0) is 30.1. The highest BCUT2D eigenvalue weighted by Crippen LogP contribution is 2.46. The summed E-state index contributed by atoms with van der Waals surface area (Å²) in [4.78, 5) is 29.1. The molecule has 1 aromatic carbocycles. The average Bonchev–Trinajstić information content (AvgIpc) is 2.79. The van der Waals surface area contributed by atoms with Crippen molar-refractivity contribution in [3.8, 4) is 0 Å². The summed E-state index contributed by atoms with van der Waals surface area (Å²) >= 11 is 8.38. The first kappa shape index (κ1) is 32.7. The molecule has 0 N–H and O–H groups in total. The van der Waals surface area contributed by atoms with Crippen molar-refractivity contribution < 1.29 is 53.8 Å². The summed E-state index contributed by atoms with van der Waals surface area (Å²) in [5, 5.41) is -1.45. The van der Waals surface area contributed by atoms with Gasteiger partial charge in [-0.15, -0.1) is 0 Å². The lowest BCUT2D eigenvalue weighted by atomic mass is 10.1. The van der Waals surface area contributed by atoms with Crippen LogP contribution in [0.2, 0.25) is 5.02 Å². The lowest BCUT2D eigenvalue weighted by Crippen LogP contribution is -2.45. The van der Waals surface area contributed by atoms with Gasteiger partial charge in [0.15, 0.2) is 5.69 Å². The van der Waals surface area contributed by atoms with Gasteiger partial charge in [-0.3, -0.25) is 14.3 Å². The number of benzene rings is 1. The van der Waals surface area contributed by atoms with E-state index >= 15 is 0 Å². The monoisotopic (exact) mass is 661 g/mol. The Morgan fingerprint density at radius 3 is 2.05 bits per heavy atom.